The number of anilines is 1. The van der Waals surface area contributed by atoms with E-state index in [-0.39, 0.29) is 23.8 Å². The summed E-state index contributed by atoms with van der Waals surface area (Å²) in [5.74, 6) is -0.223. The van der Waals surface area contributed by atoms with Crippen LogP contribution >= 0.6 is 0 Å². The van der Waals surface area contributed by atoms with Gasteiger partial charge in [-0.2, -0.15) is 0 Å². The fraction of sp³-hybridized carbons (Fsp3) is 0.222. The van der Waals surface area contributed by atoms with Gasteiger partial charge in [0.1, 0.15) is 5.69 Å². The summed E-state index contributed by atoms with van der Waals surface area (Å²) < 4.78 is 10.2. The van der Waals surface area contributed by atoms with Crippen molar-refractivity contribution >= 4 is 28.3 Å². The van der Waals surface area contributed by atoms with Crippen LogP contribution in [0.4, 0.5) is 11.4 Å². The molecule has 1 N–H and O–H groups in total. The molecule has 0 atom stereocenters. The Hall–Kier alpha value is -3.42. The molecule has 1 amide bonds. The van der Waals surface area contributed by atoms with E-state index in [1.807, 2.05) is 26.0 Å². The first-order valence-corrected chi connectivity index (χ1v) is 7.87. The number of nitrogens with zero attached hydrogens (tertiary/aromatic N) is 2. The first-order valence-electron chi connectivity index (χ1n) is 7.87. The molecule has 0 aliphatic rings. The Balaban J connectivity index is 1.80. The Labute approximate surface area is 148 Å². The van der Waals surface area contributed by atoms with Crippen molar-refractivity contribution in [3.63, 3.8) is 0 Å². The molecule has 0 saturated heterocycles. The smallest absolute Gasteiger partial charge is 0.312 e. The van der Waals surface area contributed by atoms with Gasteiger partial charge in [-0.1, -0.05) is 5.16 Å². The van der Waals surface area contributed by atoms with Gasteiger partial charge < -0.3 is 14.6 Å². The third kappa shape index (κ3) is 3.34. The zero-order valence-electron chi connectivity index (χ0n) is 14.5. The first-order chi connectivity index (χ1) is 12.4. The predicted octanol–water partition coefficient (Wildman–Crippen LogP) is 3.54. The number of nitro groups is 1. The summed E-state index contributed by atoms with van der Waals surface area (Å²) in [4.78, 5) is 22.8. The summed E-state index contributed by atoms with van der Waals surface area (Å²) in [5, 5.41) is 18.5. The van der Waals surface area contributed by atoms with Crippen LogP contribution in [0.5, 0.6) is 5.75 Å². The van der Waals surface area contributed by atoms with Gasteiger partial charge in [0.25, 0.3) is 0 Å². The average molecular weight is 355 g/mol. The Kier molecular flexibility index (Phi) is 4.57. The molecule has 1 aromatic heterocycles. The number of carbonyl (C=O) groups excluding carboxylic acids is 1. The SMILES string of the molecule is COc1ccc(NC(=O)Cc2noc3cc(C)c(C)cc23)cc1[N+](=O)[O-]. The van der Waals surface area contributed by atoms with Crippen LogP contribution in [0, 0.1) is 24.0 Å². The number of carbonyl (C=O) groups is 1. The maximum atomic E-state index is 12.3. The highest BCUT2D eigenvalue weighted by Crippen LogP contribution is 2.30. The van der Waals surface area contributed by atoms with Crippen molar-refractivity contribution in [2.75, 3.05) is 12.4 Å². The number of rotatable bonds is 5. The van der Waals surface area contributed by atoms with E-state index in [1.54, 1.807) is 0 Å². The van der Waals surface area contributed by atoms with Gasteiger partial charge in [-0.05, 0) is 49.2 Å². The van der Waals surface area contributed by atoms with Gasteiger partial charge in [0.15, 0.2) is 11.3 Å². The second-order valence-corrected chi connectivity index (χ2v) is 5.93. The van der Waals surface area contributed by atoms with Crippen molar-refractivity contribution in [3.8, 4) is 5.75 Å². The van der Waals surface area contributed by atoms with Gasteiger partial charge in [0.2, 0.25) is 5.91 Å². The molecular formula is C18H17N3O5. The molecule has 0 radical (unpaired) electrons. The molecule has 3 rings (SSSR count). The minimum Gasteiger partial charge on any atom is -0.490 e. The molecule has 134 valence electrons. The predicted molar refractivity (Wildman–Crippen MR) is 95.5 cm³/mol. The number of ether oxygens (including phenoxy) is 1. The molecule has 26 heavy (non-hydrogen) atoms. The van der Waals surface area contributed by atoms with Crippen LogP contribution in [0.2, 0.25) is 0 Å². The quantitative estimate of drug-likeness (QED) is 0.554. The second-order valence-electron chi connectivity index (χ2n) is 5.93. The summed E-state index contributed by atoms with van der Waals surface area (Å²) in [6.45, 7) is 3.95. The van der Waals surface area contributed by atoms with Crippen LogP contribution in [-0.2, 0) is 11.2 Å². The van der Waals surface area contributed by atoms with Gasteiger partial charge >= 0.3 is 5.69 Å². The molecule has 2 aromatic carbocycles. The lowest BCUT2D eigenvalue weighted by atomic mass is 10.1. The lowest BCUT2D eigenvalue weighted by Crippen LogP contribution is -2.15. The monoisotopic (exact) mass is 355 g/mol. The zero-order chi connectivity index (χ0) is 18.8. The van der Waals surface area contributed by atoms with Crippen LogP contribution in [0.3, 0.4) is 0 Å². The summed E-state index contributed by atoms with van der Waals surface area (Å²) in [7, 11) is 1.35. The van der Waals surface area contributed by atoms with Gasteiger partial charge in [0, 0.05) is 17.1 Å². The van der Waals surface area contributed by atoms with Crippen LogP contribution in [0.15, 0.2) is 34.9 Å². The molecule has 0 bridgehead atoms. The number of aryl methyl sites for hydroxylation is 2. The van der Waals surface area contributed by atoms with Crippen molar-refractivity contribution in [2.24, 2.45) is 0 Å². The summed E-state index contributed by atoms with van der Waals surface area (Å²) in [5.41, 5.74) is 3.38. The van der Waals surface area contributed by atoms with E-state index in [2.05, 4.69) is 10.5 Å². The number of hydrogen-bond acceptors (Lipinski definition) is 6. The number of nitro benzene ring substituents is 1. The summed E-state index contributed by atoms with van der Waals surface area (Å²) >= 11 is 0. The first kappa shape index (κ1) is 17.4. The Bertz CT molecular complexity index is 1010. The third-order valence-electron chi connectivity index (χ3n) is 4.15. The molecule has 1 heterocycles. The maximum Gasteiger partial charge on any atom is 0.312 e. The number of amides is 1. The molecule has 0 unspecified atom stereocenters. The minimum absolute atomic E-state index is 0.00464. The number of benzene rings is 2. The topological polar surface area (TPSA) is 108 Å². The van der Waals surface area contributed by atoms with Gasteiger partial charge in [-0.3, -0.25) is 14.9 Å². The molecule has 0 spiro atoms. The van der Waals surface area contributed by atoms with Crippen molar-refractivity contribution in [1.29, 1.82) is 0 Å². The van der Waals surface area contributed by atoms with E-state index in [0.717, 1.165) is 16.5 Å². The van der Waals surface area contributed by atoms with Gasteiger partial charge in [-0.15, -0.1) is 0 Å². The summed E-state index contributed by atoms with van der Waals surface area (Å²) in [6.07, 6.45) is -0.00464. The average Bonchev–Trinajstić information content (AvgIpc) is 2.96. The fourth-order valence-electron chi connectivity index (χ4n) is 2.64. The highest BCUT2D eigenvalue weighted by molar-refractivity contribution is 5.95. The number of nitrogens with one attached hydrogen (secondary N) is 1. The van der Waals surface area contributed by atoms with Gasteiger partial charge in [-0.25, -0.2) is 0 Å². The van der Waals surface area contributed by atoms with Crippen molar-refractivity contribution in [1.82, 2.24) is 5.16 Å². The molecule has 3 aromatic rings. The largest absolute Gasteiger partial charge is 0.490 e. The highest BCUT2D eigenvalue weighted by atomic mass is 16.6. The molecular weight excluding hydrogens is 338 g/mol. The highest BCUT2D eigenvalue weighted by Gasteiger charge is 2.18. The van der Waals surface area contributed by atoms with E-state index >= 15 is 0 Å². The fourth-order valence-corrected chi connectivity index (χ4v) is 2.64. The lowest BCUT2D eigenvalue weighted by Gasteiger charge is -2.06. The molecule has 0 aliphatic heterocycles. The number of fused-ring (bicyclic) bond motifs is 1. The van der Waals surface area contributed by atoms with E-state index in [1.165, 1.54) is 25.3 Å². The maximum absolute atomic E-state index is 12.3. The number of hydrogen-bond donors (Lipinski definition) is 1. The van der Waals surface area contributed by atoms with E-state index < -0.39 is 4.92 Å². The minimum atomic E-state index is -0.565. The molecule has 0 fully saturated rings. The molecule has 0 saturated carbocycles. The molecule has 8 heteroatoms. The third-order valence-corrected chi connectivity index (χ3v) is 4.15. The van der Waals surface area contributed by atoms with Gasteiger partial charge in [0.05, 0.1) is 18.5 Å². The number of methoxy groups -OCH3 is 1. The lowest BCUT2D eigenvalue weighted by molar-refractivity contribution is -0.385. The van der Waals surface area contributed by atoms with Crippen LogP contribution in [0.25, 0.3) is 11.0 Å². The van der Waals surface area contributed by atoms with Crippen molar-refractivity contribution in [3.05, 3.63) is 57.3 Å². The standard InChI is InChI=1S/C18H17N3O5/c1-10-6-13-14(20-26-17(13)7-11(10)2)9-18(22)19-12-4-5-16(25-3)15(8-12)21(23)24/h4-8H,9H2,1-3H3,(H,19,22). The van der Waals surface area contributed by atoms with Crippen molar-refractivity contribution in [2.45, 2.75) is 20.3 Å². The molecule has 8 nitrogen and oxygen atoms in total. The van der Waals surface area contributed by atoms with E-state index in [4.69, 9.17) is 9.26 Å². The van der Waals surface area contributed by atoms with Crippen molar-refractivity contribution < 1.29 is 19.0 Å². The molecule has 0 aliphatic carbocycles. The van der Waals surface area contributed by atoms with Crippen LogP contribution in [-0.4, -0.2) is 23.1 Å². The van der Waals surface area contributed by atoms with E-state index in [9.17, 15) is 14.9 Å². The zero-order valence-corrected chi connectivity index (χ0v) is 14.5. The number of aromatic nitrogens is 1. The summed E-state index contributed by atoms with van der Waals surface area (Å²) in [6, 6.07) is 8.04. The Morgan fingerprint density at radius 1 is 1.27 bits per heavy atom. The van der Waals surface area contributed by atoms with Crippen LogP contribution < -0.4 is 10.1 Å². The Morgan fingerprint density at radius 3 is 2.69 bits per heavy atom. The normalized spacial score (nSPS) is 10.7. The second kappa shape index (κ2) is 6.83. The van der Waals surface area contributed by atoms with E-state index in [0.29, 0.717) is 17.0 Å². The van der Waals surface area contributed by atoms with Crippen LogP contribution in [0.1, 0.15) is 16.8 Å². The Morgan fingerprint density at radius 2 is 2.00 bits per heavy atom.